The van der Waals surface area contributed by atoms with E-state index in [1.54, 1.807) is 6.08 Å². The molecule has 0 aromatic rings. The van der Waals surface area contributed by atoms with Crippen molar-refractivity contribution in [1.29, 1.82) is 0 Å². The van der Waals surface area contributed by atoms with Crippen molar-refractivity contribution in [3.05, 3.63) is 48.6 Å². The second kappa shape index (κ2) is 51.7. The third-order valence-corrected chi connectivity index (χ3v) is 14.2. The van der Waals surface area contributed by atoms with Crippen LogP contribution < -0.4 is 5.32 Å². The van der Waals surface area contributed by atoms with Crippen LogP contribution in [0.4, 0.5) is 0 Å². The van der Waals surface area contributed by atoms with Crippen molar-refractivity contribution in [3.63, 3.8) is 0 Å². The van der Waals surface area contributed by atoms with Crippen molar-refractivity contribution in [2.75, 3.05) is 19.8 Å². The van der Waals surface area contributed by atoms with Gasteiger partial charge in [0.1, 0.15) is 24.4 Å². The molecule has 0 bridgehead atoms. The molecule has 1 heterocycles. The molecule has 73 heavy (non-hydrogen) atoms. The molecule has 1 fully saturated rings. The number of hydrogen-bond acceptors (Lipinski definition) is 10. The number of ether oxygens (including phenoxy) is 3. The Balaban J connectivity index is 2.14. The zero-order valence-corrected chi connectivity index (χ0v) is 46.8. The summed E-state index contributed by atoms with van der Waals surface area (Å²) in [4.78, 5) is 25.1. The fourth-order valence-corrected chi connectivity index (χ4v) is 9.29. The molecule has 1 aliphatic rings. The van der Waals surface area contributed by atoms with Crippen LogP contribution in [0.2, 0.25) is 0 Å². The van der Waals surface area contributed by atoms with Crippen LogP contribution >= 0.6 is 0 Å². The molecule has 1 saturated heterocycles. The van der Waals surface area contributed by atoms with Crippen molar-refractivity contribution in [2.45, 2.75) is 314 Å². The van der Waals surface area contributed by atoms with Crippen LogP contribution in [-0.4, -0.2) is 100 Å². The van der Waals surface area contributed by atoms with E-state index >= 15 is 0 Å². The minimum absolute atomic E-state index is 0.0396. The standard InChI is InChI=1S/C62H113NO10/c1-3-5-7-9-11-13-15-16-22-25-29-32-36-40-44-48-55(65)54(53-72-62-61(70)60(69)59(68)56(52-64)73-62)63-57(66)49-45-41-37-33-30-26-23-20-18-17-19-21-24-27-31-35-39-43-47-51-71-58(67)50-46-42-38-34-28-14-12-10-8-6-4-2/h10,12,21,24,27,31,44,48,54-56,59-62,64-65,68-70H,3-9,11,13-20,22-23,25-26,28-30,32-43,45-47,49-53H2,1-2H3,(H,63,66)/b12-10-,24-21-,31-27-,48-44+. The number of esters is 1. The maximum atomic E-state index is 13.1. The van der Waals surface area contributed by atoms with E-state index in [2.05, 4.69) is 55.6 Å². The fourth-order valence-electron chi connectivity index (χ4n) is 9.29. The van der Waals surface area contributed by atoms with Crippen molar-refractivity contribution in [3.8, 4) is 0 Å². The summed E-state index contributed by atoms with van der Waals surface area (Å²) in [5, 5.41) is 54.5. The summed E-state index contributed by atoms with van der Waals surface area (Å²) in [6, 6.07) is -0.819. The van der Waals surface area contributed by atoms with E-state index in [9.17, 15) is 35.1 Å². The van der Waals surface area contributed by atoms with Gasteiger partial charge >= 0.3 is 5.97 Å². The predicted octanol–water partition coefficient (Wildman–Crippen LogP) is 14.1. The third-order valence-electron chi connectivity index (χ3n) is 14.2. The number of amides is 1. The average molecular weight is 1030 g/mol. The van der Waals surface area contributed by atoms with Gasteiger partial charge in [0.15, 0.2) is 6.29 Å². The van der Waals surface area contributed by atoms with Crippen LogP contribution in [0.25, 0.3) is 0 Å². The molecule has 6 N–H and O–H groups in total. The Morgan fingerprint density at radius 2 is 0.932 bits per heavy atom. The second-order valence-electron chi connectivity index (χ2n) is 21.1. The smallest absolute Gasteiger partial charge is 0.305 e. The lowest BCUT2D eigenvalue weighted by atomic mass is 9.99. The van der Waals surface area contributed by atoms with E-state index in [1.807, 2.05) is 6.08 Å². The Hall–Kier alpha value is -2.38. The molecule has 11 heteroatoms. The van der Waals surface area contributed by atoms with E-state index in [0.717, 1.165) is 89.9 Å². The maximum absolute atomic E-state index is 13.1. The number of carbonyl (C=O) groups excluding carboxylic acids is 2. The van der Waals surface area contributed by atoms with Crippen LogP contribution in [0.5, 0.6) is 0 Å². The largest absolute Gasteiger partial charge is 0.466 e. The molecular formula is C62H113NO10. The molecular weight excluding hydrogens is 919 g/mol. The van der Waals surface area contributed by atoms with E-state index < -0.39 is 49.5 Å². The molecule has 7 unspecified atom stereocenters. The molecule has 11 nitrogen and oxygen atoms in total. The lowest BCUT2D eigenvalue weighted by Crippen LogP contribution is -2.60. The first-order valence-electron chi connectivity index (χ1n) is 30.4. The Morgan fingerprint density at radius 3 is 1.44 bits per heavy atom. The normalized spacial score (nSPS) is 19.2. The summed E-state index contributed by atoms with van der Waals surface area (Å²) in [7, 11) is 0. The van der Waals surface area contributed by atoms with Crippen molar-refractivity contribution in [1.82, 2.24) is 5.32 Å². The monoisotopic (exact) mass is 1030 g/mol. The number of rotatable bonds is 52. The highest BCUT2D eigenvalue weighted by Crippen LogP contribution is 2.23. The number of nitrogens with one attached hydrogen (secondary N) is 1. The highest BCUT2D eigenvalue weighted by molar-refractivity contribution is 5.76. The van der Waals surface area contributed by atoms with Gasteiger partial charge in [-0.15, -0.1) is 0 Å². The fraction of sp³-hybridized carbons (Fsp3) is 0.839. The summed E-state index contributed by atoms with van der Waals surface area (Å²) < 4.78 is 16.7. The topological polar surface area (TPSA) is 175 Å². The van der Waals surface area contributed by atoms with Crippen LogP contribution in [0, 0.1) is 0 Å². The van der Waals surface area contributed by atoms with E-state index in [1.165, 1.54) is 154 Å². The SMILES string of the molecule is CCCC/C=C\CCCCCCCC(=O)OCCCCC/C=C\C=C/CCCCCCCCCCCCC(=O)NC(COC1OC(CO)C(O)C(O)C1O)C(O)/C=C/CCCCCCCCCCCCCCC. The van der Waals surface area contributed by atoms with Crippen molar-refractivity contribution in [2.24, 2.45) is 0 Å². The quantitative estimate of drug-likeness (QED) is 0.0149. The number of allylic oxidation sites excluding steroid dienone is 7. The molecule has 1 rings (SSSR count). The van der Waals surface area contributed by atoms with Crippen LogP contribution in [0.15, 0.2) is 48.6 Å². The molecule has 1 amide bonds. The lowest BCUT2D eigenvalue weighted by molar-refractivity contribution is -0.302. The Morgan fingerprint density at radius 1 is 0.507 bits per heavy atom. The maximum Gasteiger partial charge on any atom is 0.305 e. The summed E-state index contributed by atoms with van der Waals surface area (Å²) in [6.07, 6.45) is 54.8. The second-order valence-corrected chi connectivity index (χ2v) is 21.1. The van der Waals surface area contributed by atoms with E-state index in [0.29, 0.717) is 19.4 Å². The zero-order chi connectivity index (χ0) is 53.1. The number of hydrogen-bond donors (Lipinski definition) is 6. The molecule has 0 aliphatic carbocycles. The predicted molar refractivity (Wildman–Crippen MR) is 301 cm³/mol. The van der Waals surface area contributed by atoms with Gasteiger partial charge < -0.3 is 45.1 Å². The van der Waals surface area contributed by atoms with Gasteiger partial charge in [-0.25, -0.2) is 0 Å². The number of aliphatic hydroxyl groups is 5. The zero-order valence-electron chi connectivity index (χ0n) is 46.8. The van der Waals surface area contributed by atoms with Crippen LogP contribution in [-0.2, 0) is 23.8 Å². The summed E-state index contributed by atoms with van der Waals surface area (Å²) in [5.74, 6) is -0.231. The van der Waals surface area contributed by atoms with Gasteiger partial charge in [-0.2, -0.15) is 0 Å². The minimum atomic E-state index is -1.58. The molecule has 1 aliphatic heterocycles. The van der Waals surface area contributed by atoms with Crippen molar-refractivity contribution >= 4 is 11.9 Å². The highest BCUT2D eigenvalue weighted by atomic mass is 16.7. The first-order valence-corrected chi connectivity index (χ1v) is 30.4. The van der Waals surface area contributed by atoms with Crippen LogP contribution in [0.1, 0.15) is 271 Å². The highest BCUT2D eigenvalue weighted by Gasteiger charge is 2.44. The van der Waals surface area contributed by atoms with Gasteiger partial charge in [0.2, 0.25) is 5.91 Å². The van der Waals surface area contributed by atoms with Gasteiger partial charge in [-0.3, -0.25) is 9.59 Å². The first kappa shape index (κ1) is 68.6. The first-order chi connectivity index (χ1) is 35.7. The van der Waals surface area contributed by atoms with E-state index in [-0.39, 0.29) is 18.5 Å². The molecule has 0 saturated carbocycles. The molecule has 7 atom stereocenters. The molecule has 0 aromatic heterocycles. The summed E-state index contributed by atoms with van der Waals surface area (Å²) in [5.41, 5.74) is 0. The van der Waals surface area contributed by atoms with Gasteiger partial charge in [0.25, 0.3) is 0 Å². The summed E-state index contributed by atoms with van der Waals surface area (Å²) in [6.45, 7) is 4.26. The number of aliphatic hydroxyl groups excluding tert-OH is 5. The van der Waals surface area contributed by atoms with Crippen molar-refractivity contribution < 1.29 is 49.3 Å². The third kappa shape index (κ3) is 41.5. The Bertz CT molecular complexity index is 1350. The summed E-state index contributed by atoms with van der Waals surface area (Å²) >= 11 is 0. The molecule has 0 radical (unpaired) electrons. The van der Waals surface area contributed by atoms with Gasteiger partial charge in [0.05, 0.1) is 32.0 Å². The molecule has 0 aromatic carbocycles. The Labute approximate surface area is 446 Å². The minimum Gasteiger partial charge on any atom is -0.466 e. The van der Waals surface area contributed by atoms with Gasteiger partial charge in [-0.1, -0.05) is 223 Å². The lowest BCUT2D eigenvalue weighted by Gasteiger charge is -2.40. The van der Waals surface area contributed by atoms with E-state index in [4.69, 9.17) is 14.2 Å². The number of unbranched alkanes of at least 4 members (excludes halogenated alkanes) is 33. The molecule has 426 valence electrons. The average Bonchev–Trinajstić information content (AvgIpc) is 3.39. The number of carbonyl (C=O) groups is 2. The van der Waals surface area contributed by atoms with Crippen LogP contribution in [0.3, 0.4) is 0 Å². The van der Waals surface area contributed by atoms with Gasteiger partial charge in [0, 0.05) is 12.8 Å². The molecule has 0 spiro atoms. The Kier molecular flexibility index (Phi) is 48.6. The van der Waals surface area contributed by atoms with Gasteiger partial charge in [-0.05, 0) is 83.5 Å².